The Morgan fingerprint density at radius 3 is 2.19 bits per heavy atom. The fourth-order valence-electron chi connectivity index (χ4n) is 8.45. The van der Waals surface area contributed by atoms with Crippen molar-refractivity contribution in [1.29, 1.82) is 0 Å². The number of Topliss-reactive ketones (excluding diaryl/α,β-unsaturated/α-hetero) is 1. The van der Waals surface area contributed by atoms with E-state index >= 15 is 4.79 Å². The van der Waals surface area contributed by atoms with E-state index in [1.807, 2.05) is 0 Å². The lowest BCUT2D eigenvalue weighted by Gasteiger charge is -2.68. The van der Waals surface area contributed by atoms with Gasteiger partial charge in [-0.25, -0.2) is 4.79 Å². The maximum absolute atomic E-state index is 15.4. The summed E-state index contributed by atoms with van der Waals surface area (Å²) in [6.07, 6.45) is -6.62. The lowest BCUT2D eigenvalue weighted by Crippen LogP contribution is -2.82. The largest absolute Gasteiger partial charge is 0.455 e. The van der Waals surface area contributed by atoms with Gasteiger partial charge in [0.2, 0.25) is 0 Å². The molecule has 0 spiro atoms. The third-order valence-electron chi connectivity index (χ3n) is 11.1. The van der Waals surface area contributed by atoms with Crippen LogP contribution in [0.25, 0.3) is 0 Å². The molecule has 1 aromatic carbocycles. The number of ketones is 1. The molecule has 1 aliphatic heterocycles. The maximum atomic E-state index is 15.4. The van der Waals surface area contributed by atoms with Crippen molar-refractivity contribution in [1.82, 2.24) is 0 Å². The number of benzene rings is 1. The molecule has 0 amide bonds. The minimum Gasteiger partial charge on any atom is -0.455 e. The third kappa shape index (κ3) is 5.32. The zero-order chi connectivity index (χ0) is 34.9. The number of rotatable bonds is 7. The van der Waals surface area contributed by atoms with Crippen LogP contribution in [0.5, 0.6) is 0 Å². The molecule has 2 N–H and O–H groups in total. The highest BCUT2D eigenvalue weighted by molar-refractivity contribution is 5.95. The van der Waals surface area contributed by atoms with Crippen molar-refractivity contribution in [3.05, 3.63) is 47.0 Å². The number of methoxy groups -OCH3 is 1. The Kier molecular flexibility index (Phi) is 8.80. The molecule has 12 nitrogen and oxygen atoms in total. The van der Waals surface area contributed by atoms with E-state index in [1.165, 1.54) is 21.0 Å². The summed E-state index contributed by atoms with van der Waals surface area (Å²) in [5.41, 5.74) is -6.19. The molecule has 2 unspecified atom stereocenters. The van der Waals surface area contributed by atoms with Gasteiger partial charge in [0.1, 0.15) is 17.8 Å². The van der Waals surface area contributed by atoms with Crippen LogP contribution in [0.2, 0.25) is 0 Å². The summed E-state index contributed by atoms with van der Waals surface area (Å²) in [7, 11) is 1.45. The predicted molar refractivity (Wildman–Crippen MR) is 165 cm³/mol. The fourth-order valence-corrected chi connectivity index (χ4v) is 8.45. The van der Waals surface area contributed by atoms with E-state index in [0.717, 1.165) is 0 Å². The molecule has 5 rings (SSSR count). The Morgan fingerprint density at radius 2 is 1.66 bits per heavy atom. The quantitative estimate of drug-likeness (QED) is 0.191. The lowest BCUT2D eigenvalue weighted by molar-refractivity contribution is -0.363. The summed E-state index contributed by atoms with van der Waals surface area (Å²) in [4.78, 5) is 54.9. The first-order chi connectivity index (χ1) is 21.8. The summed E-state index contributed by atoms with van der Waals surface area (Å²) in [5.74, 6) is -5.44. The molecular formula is C35H46O12. The van der Waals surface area contributed by atoms with Crippen molar-refractivity contribution in [2.45, 2.75) is 116 Å². The second-order valence-electron chi connectivity index (χ2n) is 14.5. The van der Waals surface area contributed by atoms with Crippen LogP contribution in [0.15, 0.2) is 41.5 Å². The van der Waals surface area contributed by atoms with Crippen molar-refractivity contribution in [2.24, 2.45) is 16.7 Å². The van der Waals surface area contributed by atoms with Crippen LogP contribution >= 0.6 is 0 Å². The molecule has 1 aromatic rings. The monoisotopic (exact) mass is 658 g/mol. The van der Waals surface area contributed by atoms with Gasteiger partial charge >= 0.3 is 17.9 Å². The molecule has 3 aliphatic carbocycles. The number of ether oxygens (including phenoxy) is 6. The summed E-state index contributed by atoms with van der Waals surface area (Å²) < 4.78 is 36.4. The molecule has 3 fully saturated rings. The first kappa shape index (κ1) is 35.2. The average molecular weight is 659 g/mol. The SMILES string of the molecule is COC(C)(C)O[C@H]1C[C@H]2OC[C@@]2(OC(C)=O)C2C(OC(=O)c3ccccc3)[C@]3(O)C[C@H](O)C(C)=C([C@@H](OC(C)=O)C(=O)[C@@]21C)C3(C)C. The van der Waals surface area contributed by atoms with Gasteiger partial charge in [0.15, 0.2) is 23.3 Å². The van der Waals surface area contributed by atoms with Crippen molar-refractivity contribution in [3.63, 3.8) is 0 Å². The van der Waals surface area contributed by atoms with E-state index in [1.54, 1.807) is 71.9 Å². The Labute approximate surface area is 274 Å². The second-order valence-corrected chi connectivity index (χ2v) is 14.5. The van der Waals surface area contributed by atoms with Crippen molar-refractivity contribution < 1.29 is 57.8 Å². The van der Waals surface area contributed by atoms with Gasteiger partial charge in [0.25, 0.3) is 0 Å². The number of aliphatic hydroxyl groups is 2. The first-order valence-corrected chi connectivity index (χ1v) is 15.9. The lowest BCUT2D eigenvalue weighted by atomic mass is 9.44. The highest BCUT2D eigenvalue weighted by Crippen LogP contribution is 2.65. The number of carbonyl (C=O) groups excluding carboxylic acids is 4. The molecule has 0 aromatic heterocycles. The zero-order valence-corrected chi connectivity index (χ0v) is 28.4. The van der Waals surface area contributed by atoms with Gasteiger partial charge in [-0.15, -0.1) is 0 Å². The van der Waals surface area contributed by atoms with E-state index in [4.69, 9.17) is 28.4 Å². The zero-order valence-electron chi connectivity index (χ0n) is 28.4. The maximum Gasteiger partial charge on any atom is 0.338 e. The minimum atomic E-state index is -2.11. The van der Waals surface area contributed by atoms with Crippen molar-refractivity contribution >= 4 is 23.7 Å². The average Bonchev–Trinajstić information content (AvgIpc) is 2.98. The molecule has 2 saturated carbocycles. The van der Waals surface area contributed by atoms with E-state index in [-0.39, 0.29) is 30.6 Å². The smallest absolute Gasteiger partial charge is 0.338 e. The molecule has 0 radical (unpaired) electrons. The molecule has 47 heavy (non-hydrogen) atoms. The molecule has 1 saturated heterocycles. The van der Waals surface area contributed by atoms with Gasteiger partial charge in [-0.1, -0.05) is 32.0 Å². The van der Waals surface area contributed by atoms with Gasteiger partial charge in [0, 0.05) is 39.2 Å². The molecule has 2 bridgehead atoms. The van der Waals surface area contributed by atoms with Gasteiger partial charge < -0.3 is 38.6 Å². The predicted octanol–water partition coefficient (Wildman–Crippen LogP) is 3.06. The summed E-state index contributed by atoms with van der Waals surface area (Å²) in [5, 5.41) is 24.6. The van der Waals surface area contributed by atoms with Crippen LogP contribution < -0.4 is 0 Å². The van der Waals surface area contributed by atoms with E-state index in [0.29, 0.717) is 5.57 Å². The number of aliphatic hydroxyl groups excluding tert-OH is 1. The normalized spacial score (nSPS) is 37.7. The molecule has 1 heterocycles. The highest BCUT2D eigenvalue weighted by Gasteiger charge is 2.78. The number of esters is 3. The Morgan fingerprint density at radius 1 is 1.02 bits per heavy atom. The van der Waals surface area contributed by atoms with Gasteiger partial charge in [-0.05, 0) is 51.0 Å². The number of hydrogen-bond acceptors (Lipinski definition) is 12. The van der Waals surface area contributed by atoms with Gasteiger partial charge in [-0.3, -0.25) is 14.4 Å². The molecule has 9 atom stereocenters. The molecule has 4 aliphatic rings. The Bertz CT molecular complexity index is 1480. The third-order valence-corrected chi connectivity index (χ3v) is 11.1. The first-order valence-electron chi connectivity index (χ1n) is 15.9. The fraction of sp³-hybridized carbons (Fsp3) is 0.657. The molecule has 258 valence electrons. The molecule has 12 heteroatoms. The van der Waals surface area contributed by atoms with Gasteiger partial charge in [-0.2, -0.15) is 0 Å². The summed E-state index contributed by atoms with van der Waals surface area (Å²) in [6, 6.07) is 8.16. The number of hydrogen-bond donors (Lipinski definition) is 2. The van der Waals surface area contributed by atoms with Crippen LogP contribution in [0.3, 0.4) is 0 Å². The van der Waals surface area contributed by atoms with Crippen LogP contribution in [0.4, 0.5) is 0 Å². The van der Waals surface area contributed by atoms with E-state index in [2.05, 4.69) is 0 Å². The summed E-state index contributed by atoms with van der Waals surface area (Å²) >= 11 is 0. The standard InChI is InChI=1S/C35H46O12/c1-18-22(38)16-35(41)29(45-30(40)21-13-11-10-12-14-21)27-33(8,28(39)26(44-19(2)36)25(18)31(35,4)5)23(47-32(6,7)42-9)15-24-34(27,17-43-24)46-20(3)37/h10-14,22-24,26-27,29,38,41H,15-17H2,1-9H3/t22-,23-,24+,26+,27?,29?,33+,34-,35+/m0/s1. The topological polar surface area (TPSA) is 164 Å². The minimum absolute atomic E-state index is 0.0490. The summed E-state index contributed by atoms with van der Waals surface area (Å²) in [6.45, 7) is 12.1. The van der Waals surface area contributed by atoms with Crippen LogP contribution in [0, 0.1) is 16.7 Å². The van der Waals surface area contributed by atoms with Crippen LogP contribution in [0.1, 0.15) is 78.6 Å². The second kappa shape index (κ2) is 11.8. The van der Waals surface area contributed by atoms with Crippen molar-refractivity contribution in [3.8, 4) is 0 Å². The van der Waals surface area contributed by atoms with E-state index in [9.17, 15) is 24.6 Å². The Balaban J connectivity index is 1.88. The van der Waals surface area contributed by atoms with Crippen LogP contribution in [-0.4, -0.2) is 95.1 Å². The Hall–Kier alpha value is -3.16. The van der Waals surface area contributed by atoms with Crippen molar-refractivity contribution in [2.75, 3.05) is 13.7 Å². The van der Waals surface area contributed by atoms with Crippen LogP contribution in [-0.2, 0) is 42.8 Å². The highest BCUT2D eigenvalue weighted by atomic mass is 16.7. The van der Waals surface area contributed by atoms with Gasteiger partial charge in [0.05, 0.1) is 35.7 Å². The number of fused-ring (bicyclic) bond motifs is 5. The number of carbonyl (C=O) groups is 4. The van der Waals surface area contributed by atoms with E-state index < -0.39 is 87.9 Å². The molecular weight excluding hydrogens is 612 g/mol.